The Morgan fingerprint density at radius 3 is 2.62 bits per heavy atom. The minimum atomic E-state index is -0.561. The topological polar surface area (TPSA) is 89.5 Å². The molecule has 0 radical (unpaired) electrons. The highest BCUT2D eigenvalue weighted by Crippen LogP contribution is 2.35. The van der Waals surface area contributed by atoms with Crippen LogP contribution in [0.2, 0.25) is 0 Å². The number of rotatable bonds is 2. The molecule has 114 valence electrons. The molecule has 1 fully saturated rings. The first kappa shape index (κ1) is 15.3. The second kappa shape index (κ2) is 5.35. The van der Waals surface area contributed by atoms with Crippen molar-refractivity contribution in [1.82, 2.24) is 4.90 Å². The first-order valence-electron chi connectivity index (χ1n) is 7.04. The maximum absolute atomic E-state index is 12.5. The normalized spacial score (nSPS) is 18.8. The Balaban J connectivity index is 2.23. The van der Waals surface area contributed by atoms with Gasteiger partial charge in [0.05, 0.1) is 10.5 Å². The molecule has 1 aliphatic rings. The molecule has 0 bridgehead atoms. The molecule has 1 saturated heterocycles. The molecular formula is C15H21N3O3. The largest absolute Gasteiger partial charge is 0.393 e. The summed E-state index contributed by atoms with van der Waals surface area (Å²) < 4.78 is 0. The van der Waals surface area contributed by atoms with Crippen LogP contribution in [0.3, 0.4) is 0 Å². The first-order chi connectivity index (χ1) is 9.71. The number of para-hydroxylation sites is 1. The van der Waals surface area contributed by atoms with Crippen LogP contribution in [0.4, 0.5) is 11.4 Å². The SMILES string of the molecule is CC(C)(C)C1CCN(C(=O)c2cccc([N+](=O)[O-])c2N)C1. The van der Waals surface area contributed by atoms with Gasteiger partial charge in [0, 0.05) is 19.2 Å². The van der Waals surface area contributed by atoms with E-state index in [2.05, 4.69) is 20.8 Å². The maximum atomic E-state index is 12.5. The highest BCUT2D eigenvalue weighted by Gasteiger charge is 2.35. The summed E-state index contributed by atoms with van der Waals surface area (Å²) in [6.07, 6.45) is 0.948. The summed E-state index contributed by atoms with van der Waals surface area (Å²) in [5, 5.41) is 10.9. The van der Waals surface area contributed by atoms with E-state index >= 15 is 0 Å². The summed E-state index contributed by atoms with van der Waals surface area (Å²) in [6, 6.07) is 4.36. The van der Waals surface area contributed by atoms with E-state index in [1.165, 1.54) is 12.1 Å². The van der Waals surface area contributed by atoms with E-state index in [0.29, 0.717) is 19.0 Å². The summed E-state index contributed by atoms with van der Waals surface area (Å²) in [6.45, 7) is 7.82. The lowest BCUT2D eigenvalue weighted by atomic mass is 9.80. The Morgan fingerprint density at radius 2 is 2.10 bits per heavy atom. The van der Waals surface area contributed by atoms with E-state index in [-0.39, 0.29) is 28.3 Å². The smallest absolute Gasteiger partial charge is 0.292 e. The average molecular weight is 291 g/mol. The fourth-order valence-corrected chi connectivity index (χ4v) is 2.72. The van der Waals surface area contributed by atoms with Gasteiger partial charge in [-0.15, -0.1) is 0 Å². The van der Waals surface area contributed by atoms with Gasteiger partial charge in [-0.3, -0.25) is 14.9 Å². The van der Waals surface area contributed by atoms with Gasteiger partial charge in [-0.1, -0.05) is 26.8 Å². The predicted octanol–water partition coefficient (Wildman–Crippen LogP) is 2.69. The van der Waals surface area contributed by atoms with Crippen LogP contribution < -0.4 is 5.73 Å². The van der Waals surface area contributed by atoms with Gasteiger partial charge in [-0.25, -0.2) is 0 Å². The van der Waals surface area contributed by atoms with E-state index < -0.39 is 4.92 Å². The van der Waals surface area contributed by atoms with Crippen LogP contribution >= 0.6 is 0 Å². The summed E-state index contributed by atoms with van der Waals surface area (Å²) >= 11 is 0. The van der Waals surface area contributed by atoms with Gasteiger partial charge in [0.25, 0.3) is 11.6 Å². The van der Waals surface area contributed by atoms with Gasteiger partial charge >= 0.3 is 0 Å². The van der Waals surface area contributed by atoms with Crippen LogP contribution in [-0.4, -0.2) is 28.8 Å². The standard InChI is InChI=1S/C15H21N3O3/c1-15(2,3)10-7-8-17(9-10)14(19)11-5-4-6-12(13(11)16)18(20)21/h4-6,10H,7-9,16H2,1-3H3. The number of nitro groups is 1. The van der Waals surface area contributed by atoms with E-state index in [1.807, 2.05) is 0 Å². The summed E-state index contributed by atoms with van der Waals surface area (Å²) in [5.41, 5.74) is 5.88. The molecule has 1 atom stereocenters. The number of benzene rings is 1. The number of likely N-dealkylation sites (tertiary alicyclic amines) is 1. The van der Waals surface area contributed by atoms with Crippen molar-refractivity contribution < 1.29 is 9.72 Å². The highest BCUT2D eigenvalue weighted by molar-refractivity contribution is 6.01. The van der Waals surface area contributed by atoms with Gasteiger partial charge in [-0.2, -0.15) is 0 Å². The zero-order valence-electron chi connectivity index (χ0n) is 12.6. The van der Waals surface area contributed by atoms with Crippen molar-refractivity contribution in [1.29, 1.82) is 0 Å². The van der Waals surface area contributed by atoms with Crippen LogP contribution in [0.25, 0.3) is 0 Å². The Morgan fingerprint density at radius 1 is 1.43 bits per heavy atom. The number of anilines is 1. The average Bonchev–Trinajstić information content (AvgIpc) is 2.87. The fourth-order valence-electron chi connectivity index (χ4n) is 2.72. The van der Waals surface area contributed by atoms with Crippen molar-refractivity contribution in [2.45, 2.75) is 27.2 Å². The molecule has 0 saturated carbocycles. The van der Waals surface area contributed by atoms with E-state index in [9.17, 15) is 14.9 Å². The number of nitrogens with two attached hydrogens (primary N) is 1. The molecule has 1 unspecified atom stereocenters. The number of amides is 1. The second-order valence-electron chi connectivity index (χ2n) is 6.60. The summed E-state index contributed by atoms with van der Waals surface area (Å²) in [7, 11) is 0. The molecule has 1 aliphatic heterocycles. The van der Waals surface area contributed by atoms with Crippen molar-refractivity contribution in [3.8, 4) is 0 Å². The predicted molar refractivity (Wildman–Crippen MR) is 81.0 cm³/mol. The lowest BCUT2D eigenvalue weighted by Crippen LogP contribution is -2.31. The van der Waals surface area contributed by atoms with E-state index in [0.717, 1.165) is 6.42 Å². The number of hydrogen-bond donors (Lipinski definition) is 1. The zero-order valence-corrected chi connectivity index (χ0v) is 12.6. The number of carbonyl (C=O) groups excluding carboxylic acids is 1. The molecule has 0 spiro atoms. The first-order valence-corrected chi connectivity index (χ1v) is 7.04. The molecule has 6 heteroatoms. The molecule has 2 N–H and O–H groups in total. The minimum Gasteiger partial charge on any atom is -0.393 e. The molecule has 1 aromatic carbocycles. The maximum Gasteiger partial charge on any atom is 0.292 e. The molecular weight excluding hydrogens is 270 g/mol. The molecule has 1 heterocycles. The Hall–Kier alpha value is -2.11. The van der Waals surface area contributed by atoms with Crippen molar-refractivity contribution in [2.75, 3.05) is 18.8 Å². The fraction of sp³-hybridized carbons (Fsp3) is 0.533. The molecule has 1 amide bonds. The van der Waals surface area contributed by atoms with E-state index in [4.69, 9.17) is 5.73 Å². The minimum absolute atomic E-state index is 0.0493. The van der Waals surface area contributed by atoms with Crippen molar-refractivity contribution in [3.05, 3.63) is 33.9 Å². The summed E-state index contributed by atoms with van der Waals surface area (Å²) in [5.74, 6) is 0.212. The number of nitrogen functional groups attached to an aromatic ring is 1. The molecule has 6 nitrogen and oxygen atoms in total. The van der Waals surface area contributed by atoms with E-state index in [1.54, 1.807) is 11.0 Å². The van der Waals surface area contributed by atoms with Crippen LogP contribution in [-0.2, 0) is 0 Å². The third-order valence-corrected chi connectivity index (χ3v) is 4.21. The Labute approximate surface area is 124 Å². The van der Waals surface area contributed by atoms with Crippen LogP contribution in [0, 0.1) is 21.4 Å². The molecule has 1 aromatic rings. The lowest BCUT2D eigenvalue weighted by Gasteiger charge is -2.27. The Kier molecular flexibility index (Phi) is 3.89. The van der Waals surface area contributed by atoms with Crippen LogP contribution in [0.15, 0.2) is 18.2 Å². The van der Waals surface area contributed by atoms with Crippen LogP contribution in [0.5, 0.6) is 0 Å². The highest BCUT2D eigenvalue weighted by atomic mass is 16.6. The number of nitrogens with zero attached hydrogens (tertiary/aromatic N) is 2. The monoisotopic (exact) mass is 291 g/mol. The zero-order chi connectivity index (χ0) is 15.8. The van der Waals surface area contributed by atoms with Gasteiger partial charge in [0.1, 0.15) is 5.69 Å². The third kappa shape index (κ3) is 2.99. The molecule has 0 aliphatic carbocycles. The number of nitro benzene ring substituents is 1. The molecule has 0 aromatic heterocycles. The van der Waals surface area contributed by atoms with Gasteiger partial charge in [0.2, 0.25) is 0 Å². The van der Waals surface area contributed by atoms with Gasteiger partial charge in [0.15, 0.2) is 0 Å². The quantitative estimate of drug-likeness (QED) is 0.515. The molecule has 21 heavy (non-hydrogen) atoms. The second-order valence-corrected chi connectivity index (χ2v) is 6.60. The Bertz CT molecular complexity index is 578. The van der Waals surface area contributed by atoms with Crippen molar-refractivity contribution >= 4 is 17.3 Å². The van der Waals surface area contributed by atoms with Crippen molar-refractivity contribution in [2.24, 2.45) is 11.3 Å². The summed E-state index contributed by atoms with van der Waals surface area (Å²) in [4.78, 5) is 24.6. The number of hydrogen-bond acceptors (Lipinski definition) is 4. The van der Waals surface area contributed by atoms with Gasteiger partial charge < -0.3 is 10.6 Å². The number of carbonyl (C=O) groups is 1. The van der Waals surface area contributed by atoms with Gasteiger partial charge in [-0.05, 0) is 23.8 Å². The van der Waals surface area contributed by atoms with Crippen molar-refractivity contribution in [3.63, 3.8) is 0 Å². The third-order valence-electron chi connectivity index (χ3n) is 4.21. The molecule has 2 rings (SSSR count). The lowest BCUT2D eigenvalue weighted by molar-refractivity contribution is -0.383. The van der Waals surface area contributed by atoms with Crippen LogP contribution in [0.1, 0.15) is 37.6 Å².